The number of hydrogen-bond acceptors (Lipinski definition) is 4. The van der Waals surface area contributed by atoms with Gasteiger partial charge in [0.05, 0.1) is 5.56 Å². The lowest BCUT2D eigenvalue weighted by Crippen LogP contribution is -2.49. The minimum Gasteiger partial charge on any atom is -0.338 e. The Kier molecular flexibility index (Phi) is 5.60. The molecule has 2 aliphatic rings. The Morgan fingerprint density at radius 2 is 1.82 bits per heavy atom. The van der Waals surface area contributed by atoms with Crippen LogP contribution in [0, 0.1) is 5.92 Å². The molecule has 5 rings (SSSR count). The molecule has 8 nitrogen and oxygen atoms in total. The Morgan fingerprint density at radius 1 is 1.00 bits per heavy atom. The average Bonchev–Trinajstić information content (AvgIpc) is 2.82. The SMILES string of the molecule is O=C(Nc1ccc(Cl)cc1)Nc1ccc2n(c1=O)CC1CC2CN(C(=O)c2cccnc2)C1. The van der Waals surface area contributed by atoms with E-state index in [9.17, 15) is 14.4 Å². The van der Waals surface area contributed by atoms with E-state index >= 15 is 0 Å². The first-order valence-corrected chi connectivity index (χ1v) is 11.1. The molecule has 0 saturated carbocycles. The van der Waals surface area contributed by atoms with E-state index in [1.165, 1.54) is 0 Å². The predicted octanol–water partition coefficient (Wildman–Crippen LogP) is 3.80. The van der Waals surface area contributed by atoms with Gasteiger partial charge in [-0.15, -0.1) is 0 Å². The summed E-state index contributed by atoms with van der Waals surface area (Å²) in [4.78, 5) is 44.3. The zero-order chi connectivity index (χ0) is 22.9. The number of carbonyl (C=O) groups is 2. The van der Waals surface area contributed by atoms with Crippen molar-refractivity contribution in [1.82, 2.24) is 14.5 Å². The highest BCUT2D eigenvalue weighted by molar-refractivity contribution is 6.30. The molecule has 2 atom stereocenters. The van der Waals surface area contributed by atoms with Crippen molar-refractivity contribution in [2.45, 2.75) is 18.9 Å². The molecule has 2 aromatic heterocycles. The lowest BCUT2D eigenvalue weighted by atomic mass is 9.83. The maximum atomic E-state index is 13.1. The molecule has 168 valence electrons. The number of urea groups is 1. The fourth-order valence-corrected chi connectivity index (χ4v) is 4.82. The Hall–Kier alpha value is -3.65. The van der Waals surface area contributed by atoms with Gasteiger partial charge in [-0.25, -0.2) is 4.79 Å². The number of amides is 3. The van der Waals surface area contributed by atoms with Crippen molar-refractivity contribution in [1.29, 1.82) is 0 Å². The molecule has 1 aromatic carbocycles. The van der Waals surface area contributed by atoms with Crippen LogP contribution < -0.4 is 16.2 Å². The van der Waals surface area contributed by atoms with Gasteiger partial charge in [0.25, 0.3) is 11.5 Å². The third kappa shape index (κ3) is 4.34. The minimum atomic E-state index is -0.501. The first kappa shape index (κ1) is 21.2. The molecule has 0 aliphatic carbocycles. The van der Waals surface area contributed by atoms with Crippen LogP contribution in [0.1, 0.15) is 28.4 Å². The number of benzene rings is 1. The summed E-state index contributed by atoms with van der Waals surface area (Å²) in [5.74, 6) is 0.209. The molecular weight excluding hydrogens is 442 g/mol. The van der Waals surface area contributed by atoms with E-state index in [4.69, 9.17) is 11.6 Å². The Morgan fingerprint density at radius 3 is 2.58 bits per heavy atom. The molecule has 0 radical (unpaired) electrons. The highest BCUT2D eigenvalue weighted by Crippen LogP contribution is 2.36. The van der Waals surface area contributed by atoms with Crippen molar-refractivity contribution in [2.24, 2.45) is 5.92 Å². The summed E-state index contributed by atoms with van der Waals surface area (Å²) in [7, 11) is 0. The molecule has 2 N–H and O–H groups in total. The van der Waals surface area contributed by atoms with E-state index in [-0.39, 0.29) is 29.0 Å². The summed E-state index contributed by atoms with van der Waals surface area (Å²) < 4.78 is 1.74. The number of aromatic nitrogens is 2. The summed E-state index contributed by atoms with van der Waals surface area (Å²) in [6, 6.07) is 13.2. The molecule has 3 amide bonds. The molecule has 4 heterocycles. The van der Waals surface area contributed by atoms with E-state index in [1.54, 1.807) is 59.4 Å². The fourth-order valence-electron chi connectivity index (χ4n) is 4.70. The maximum Gasteiger partial charge on any atom is 0.323 e. The number of fused-ring (bicyclic) bond motifs is 4. The van der Waals surface area contributed by atoms with Gasteiger partial charge in [0.1, 0.15) is 5.69 Å². The van der Waals surface area contributed by atoms with Crippen molar-refractivity contribution < 1.29 is 9.59 Å². The second-order valence-corrected chi connectivity index (χ2v) is 8.86. The molecule has 2 unspecified atom stereocenters. The average molecular weight is 464 g/mol. The van der Waals surface area contributed by atoms with E-state index in [0.717, 1.165) is 12.1 Å². The van der Waals surface area contributed by atoms with Crippen LogP contribution in [0.25, 0.3) is 0 Å². The number of anilines is 2. The van der Waals surface area contributed by atoms with Gasteiger partial charge in [-0.05, 0) is 60.9 Å². The first-order chi connectivity index (χ1) is 16.0. The monoisotopic (exact) mass is 463 g/mol. The minimum absolute atomic E-state index is 0.0363. The molecular formula is C24H22ClN5O3. The third-order valence-electron chi connectivity index (χ3n) is 6.15. The van der Waals surface area contributed by atoms with Crippen LogP contribution in [-0.4, -0.2) is 39.5 Å². The van der Waals surface area contributed by atoms with E-state index in [2.05, 4.69) is 15.6 Å². The maximum absolute atomic E-state index is 13.1. The summed E-state index contributed by atoms with van der Waals surface area (Å²) in [5.41, 5.74) is 2.02. The van der Waals surface area contributed by atoms with Gasteiger partial charge in [-0.2, -0.15) is 0 Å². The highest BCUT2D eigenvalue weighted by atomic mass is 35.5. The number of pyridine rings is 2. The van der Waals surface area contributed by atoms with E-state index in [0.29, 0.717) is 35.9 Å². The van der Waals surface area contributed by atoms with Gasteiger partial charge < -0.3 is 20.1 Å². The summed E-state index contributed by atoms with van der Waals surface area (Å²) >= 11 is 5.87. The van der Waals surface area contributed by atoms with E-state index in [1.807, 2.05) is 11.0 Å². The van der Waals surface area contributed by atoms with Crippen molar-refractivity contribution >= 4 is 34.9 Å². The summed E-state index contributed by atoms with van der Waals surface area (Å²) in [6.45, 7) is 1.65. The van der Waals surface area contributed by atoms with Crippen molar-refractivity contribution in [3.05, 3.63) is 87.6 Å². The Bertz CT molecular complexity index is 1260. The van der Waals surface area contributed by atoms with Crippen LogP contribution in [0.2, 0.25) is 5.02 Å². The van der Waals surface area contributed by atoms with Gasteiger partial charge >= 0.3 is 6.03 Å². The highest BCUT2D eigenvalue weighted by Gasteiger charge is 2.37. The molecule has 2 bridgehead atoms. The number of nitrogens with zero attached hydrogens (tertiary/aromatic N) is 3. The quantitative estimate of drug-likeness (QED) is 0.617. The largest absolute Gasteiger partial charge is 0.338 e. The van der Waals surface area contributed by atoms with E-state index < -0.39 is 6.03 Å². The van der Waals surface area contributed by atoms with Gasteiger partial charge in [-0.3, -0.25) is 14.6 Å². The zero-order valence-corrected chi connectivity index (χ0v) is 18.5. The number of likely N-dealkylation sites (tertiary alicyclic amines) is 1. The van der Waals surface area contributed by atoms with Crippen LogP contribution in [0.5, 0.6) is 0 Å². The smallest absolute Gasteiger partial charge is 0.323 e. The van der Waals surface area contributed by atoms with Crippen LogP contribution in [0.4, 0.5) is 16.2 Å². The van der Waals surface area contributed by atoms with Gasteiger partial charge in [-0.1, -0.05) is 11.6 Å². The standard InChI is InChI=1S/C24H22ClN5O3/c25-18-3-5-19(6-4-18)27-24(33)28-20-7-8-21-17-10-15(13-30(21)23(20)32)12-29(14-17)22(31)16-2-1-9-26-11-16/h1-9,11,15,17H,10,12-14H2,(H2,27,28,33). The van der Waals surface area contributed by atoms with Gasteiger partial charge in [0, 0.05) is 54.3 Å². The third-order valence-corrected chi connectivity index (χ3v) is 6.40. The number of carbonyl (C=O) groups excluding carboxylic acids is 2. The summed E-state index contributed by atoms with van der Waals surface area (Å²) in [5, 5.41) is 5.91. The van der Waals surface area contributed by atoms with Crippen LogP contribution in [0.3, 0.4) is 0 Å². The molecule has 0 spiro atoms. The number of piperidine rings is 1. The molecule has 9 heteroatoms. The molecule has 1 fully saturated rings. The van der Waals surface area contributed by atoms with Gasteiger partial charge in [0.2, 0.25) is 0 Å². The second-order valence-electron chi connectivity index (χ2n) is 8.42. The molecule has 3 aromatic rings. The number of rotatable bonds is 3. The summed E-state index contributed by atoms with van der Waals surface area (Å²) in [6.07, 6.45) is 4.16. The molecule has 1 saturated heterocycles. The van der Waals surface area contributed by atoms with Crippen molar-refractivity contribution in [2.75, 3.05) is 23.7 Å². The predicted molar refractivity (Wildman–Crippen MR) is 126 cm³/mol. The lowest BCUT2D eigenvalue weighted by molar-refractivity contribution is 0.0594. The van der Waals surface area contributed by atoms with Crippen LogP contribution >= 0.6 is 11.6 Å². The number of nitrogens with one attached hydrogen (secondary N) is 2. The lowest BCUT2D eigenvalue weighted by Gasteiger charge is -2.42. The van der Waals surface area contributed by atoms with Crippen molar-refractivity contribution in [3.63, 3.8) is 0 Å². The van der Waals surface area contributed by atoms with Crippen LogP contribution in [-0.2, 0) is 6.54 Å². The van der Waals surface area contributed by atoms with Gasteiger partial charge in [0.15, 0.2) is 0 Å². The topological polar surface area (TPSA) is 96.3 Å². The molecule has 2 aliphatic heterocycles. The van der Waals surface area contributed by atoms with Crippen molar-refractivity contribution in [3.8, 4) is 0 Å². The first-order valence-electron chi connectivity index (χ1n) is 10.7. The Balaban J connectivity index is 1.32. The number of hydrogen-bond donors (Lipinski definition) is 2. The second kappa shape index (κ2) is 8.71. The normalized spacial score (nSPS) is 18.9. The van der Waals surface area contributed by atoms with Crippen LogP contribution in [0.15, 0.2) is 65.7 Å². The fraction of sp³-hybridized carbons (Fsp3) is 0.250. The Labute approximate surface area is 195 Å². The zero-order valence-electron chi connectivity index (χ0n) is 17.7. The molecule has 33 heavy (non-hydrogen) atoms. The number of halogens is 1.